The average molecular weight is 243 g/mol. The maximum Gasteiger partial charge on any atom is 0.223 e. The number of aliphatic hydroxyl groups is 1. The molecule has 1 fully saturated rings. The molecule has 2 rings (SSSR count). The van der Waals surface area contributed by atoms with Gasteiger partial charge in [-0.05, 0) is 18.8 Å². The summed E-state index contributed by atoms with van der Waals surface area (Å²) in [5.41, 5.74) is 5.49. The molecular formula is C10H15ClN4O. The molecule has 0 aliphatic heterocycles. The summed E-state index contributed by atoms with van der Waals surface area (Å²) in [5, 5.41) is 12.7. The number of hydrogen-bond donors (Lipinski definition) is 3. The van der Waals surface area contributed by atoms with Gasteiger partial charge in [-0.1, -0.05) is 18.0 Å². The summed E-state index contributed by atoms with van der Waals surface area (Å²) in [6.07, 6.45) is 3.52. The van der Waals surface area contributed by atoms with Crippen molar-refractivity contribution in [3.63, 3.8) is 0 Å². The zero-order chi connectivity index (χ0) is 11.5. The van der Waals surface area contributed by atoms with Gasteiger partial charge < -0.3 is 16.2 Å². The maximum atomic E-state index is 9.29. The molecule has 0 saturated heterocycles. The molecule has 0 amide bonds. The van der Waals surface area contributed by atoms with Crippen molar-refractivity contribution in [3.8, 4) is 0 Å². The van der Waals surface area contributed by atoms with Crippen molar-refractivity contribution in [3.05, 3.63) is 11.2 Å². The van der Waals surface area contributed by atoms with Gasteiger partial charge >= 0.3 is 0 Å². The lowest BCUT2D eigenvalue weighted by Gasteiger charge is -2.33. The number of rotatable bonds is 4. The topological polar surface area (TPSA) is 84.1 Å². The van der Waals surface area contributed by atoms with Gasteiger partial charge in [0.25, 0.3) is 0 Å². The Morgan fingerprint density at radius 1 is 1.56 bits per heavy atom. The Bertz CT molecular complexity index is 350. The van der Waals surface area contributed by atoms with E-state index in [1.165, 1.54) is 6.42 Å². The minimum atomic E-state index is 0.0270. The van der Waals surface area contributed by atoms with Crippen molar-refractivity contribution < 1.29 is 5.11 Å². The van der Waals surface area contributed by atoms with Crippen molar-refractivity contribution >= 4 is 23.4 Å². The first-order valence-corrected chi connectivity index (χ1v) is 5.74. The van der Waals surface area contributed by atoms with Crippen molar-refractivity contribution in [1.29, 1.82) is 0 Å². The molecule has 1 aliphatic rings. The maximum absolute atomic E-state index is 9.29. The summed E-state index contributed by atoms with van der Waals surface area (Å²) < 4.78 is 0. The van der Waals surface area contributed by atoms with Crippen LogP contribution in [0.4, 0.5) is 11.8 Å². The number of hydrogen-bond acceptors (Lipinski definition) is 5. The molecule has 88 valence electrons. The molecule has 6 heteroatoms. The van der Waals surface area contributed by atoms with Crippen molar-refractivity contribution in [2.24, 2.45) is 5.92 Å². The van der Waals surface area contributed by atoms with Gasteiger partial charge in [0.2, 0.25) is 5.95 Å². The average Bonchev–Trinajstić information content (AvgIpc) is 2.12. The third kappa shape index (κ3) is 2.54. The van der Waals surface area contributed by atoms with Crippen LogP contribution in [0.1, 0.15) is 19.3 Å². The molecular weight excluding hydrogens is 228 g/mol. The Labute approximate surface area is 99.0 Å². The number of nitrogens with one attached hydrogen (secondary N) is 1. The summed E-state index contributed by atoms with van der Waals surface area (Å²) in [6, 6.07) is 1.64. The lowest BCUT2D eigenvalue weighted by atomic mass is 9.80. The highest BCUT2D eigenvalue weighted by Crippen LogP contribution is 2.31. The van der Waals surface area contributed by atoms with Crippen LogP contribution >= 0.6 is 11.6 Å². The number of nitrogens with zero attached hydrogens (tertiary/aromatic N) is 2. The Kier molecular flexibility index (Phi) is 3.46. The first-order valence-electron chi connectivity index (χ1n) is 5.36. The number of halogens is 1. The Morgan fingerprint density at radius 2 is 2.31 bits per heavy atom. The zero-order valence-electron chi connectivity index (χ0n) is 8.86. The first kappa shape index (κ1) is 11.4. The first-order chi connectivity index (χ1) is 7.69. The molecule has 1 atom stereocenters. The van der Waals surface area contributed by atoms with E-state index in [0.717, 1.165) is 12.8 Å². The molecule has 0 spiro atoms. The lowest BCUT2D eigenvalue weighted by Crippen LogP contribution is -2.36. The zero-order valence-corrected chi connectivity index (χ0v) is 9.61. The minimum Gasteiger partial charge on any atom is -0.394 e. The van der Waals surface area contributed by atoms with Gasteiger partial charge in [-0.15, -0.1) is 0 Å². The fourth-order valence-corrected chi connectivity index (χ4v) is 2.04. The molecule has 1 aromatic rings. The smallest absolute Gasteiger partial charge is 0.223 e. The van der Waals surface area contributed by atoms with Gasteiger partial charge in [0.15, 0.2) is 0 Å². The third-order valence-corrected chi connectivity index (χ3v) is 3.15. The molecule has 16 heavy (non-hydrogen) atoms. The second-order valence-corrected chi connectivity index (χ2v) is 4.45. The summed E-state index contributed by atoms with van der Waals surface area (Å²) in [5.74, 6) is 1.23. The minimum absolute atomic E-state index is 0.0270. The summed E-state index contributed by atoms with van der Waals surface area (Å²) in [6.45, 7) is 0.0895. The van der Waals surface area contributed by atoms with E-state index in [2.05, 4.69) is 15.3 Å². The van der Waals surface area contributed by atoms with E-state index in [4.69, 9.17) is 17.3 Å². The normalized spacial score (nSPS) is 17.9. The van der Waals surface area contributed by atoms with Crippen LogP contribution in [0, 0.1) is 5.92 Å². The van der Waals surface area contributed by atoms with Crippen LogP contribution in [0.15, 0.2) is 6.07 Å². The summed E-state index contributed by atoms with van der Waals surface area (Å²) >= 11 is 5.77. The highest BCUT2D eigenvalue weighted by atomic mass is 35.5. The number of nitrogen functional groups attached to an aromatic ring is 1. The molecule has 1 unspecified atom stereocenters. The van der Waals surface area contributed by atoms with E-state index in [9.17, 15) is 5.11 Å². The van der Waals surface area contributed by atoms with Gasteiger partial charge in [-0.3, -0.25) is 0 Å². The van der Waals surface area contributed by atoms with Gasteiger partial charge in [-0.25, -0.2) is 4.98 Å². The van der Waals surface area contributed by atoms with Gasteiger partial charge in [0.05, 0.1) is 12.6 Å². The fraction of sp³-hybridized carbons (Fsp3) is 0.600. The summed E-state index contributed by atoms with van der Waals surface area (Å²) in [7, 11) is 0. The van der Waals surface area contributed by atoms with Crippen molar-refractivity contribution in [2.75, 3.05) is 17.7 Å². The van der Waals surface area contributed by atoms with Crippen LogP contribution in [-0.4, -0.2) is 27.7 Å². The third-order valence-electron chi connectivity index (χ3n) is 2.96. The molecule has 4 N–H and O–H groups in total. The standard InChI is InChI=1S/C10H15ClN4O/c11-8-4-9(15-10(12)14-8)13-7(5-16)6-2-1-3-6/h4,6-7,16H,1-3,5H2,(H3,12,13,14,15). The lowest BCUT2D eigenvalue weighted by molar-refractivity contribution is 0.187. The van der Waals surface area contributed by atoms with Crippen molar-refractivity contribution in [1.82, 2.24) is 9.97 Å². The highest BCUT2D eigenvalue weighted by molar-refractivity contribution is 6.29. The van der Waals surface area contributed by atoms with Gasteiger partial charge in [0, 0.05) is 6.07 Å². The van der Waals surface area contributed by atoms with E-state index in [1.807, 2.05) is 0 Å². The molecule has 5 nitrogen and oxygen atoms in total. The largest absolute Gasteiger partial charge is 0.394 e. The number of nitrogens with two attached hydrogens (primary N) is 1. The number of aromatic nitrogens is 2. The molecule has 1 heterocycles. The van der Waals surface area contributed by atoms with Crippen LogP contribution in [0.25, 0.3) is 0 Å². The predicted molar refractivity (Wildman–Crippen MR) is 63.3 cm³/mol. The van der Waals surface area contributed by atoms with Crippen LogP contribution < -0.4 is 11.1 Å². The Morgan fingerprint density at radius 3 is 2.81 bits per heavy atom. The van der Waals surface area contributed by atoms with E-state index in [0.29, 0.717) is 16.9 Å². The Balaban J connectivity index is 2.05. The predicted octanol–water partition coefficient (Wildman–Crippen LogP) is 1.29. The molecule has 0 radical (unpaired) electrons. The van der Waals surface area contributed by atoms with E-state index in [-0.39, 0.29) is 18.6 Å². The van der Waals surface area contributed by atoms with Gasteiger partial charge in [-0.2, -0.15) is 4.98 Å². The SMILES string of the molecule is Nc1nc(Cl)cc(NC(CO)C2CCC2)n1. The molecule has 0 aromatic carbocycles. The second-order valence-electron chi connectivity index (χ2n) is 4.06. The molecule has 1 aromatic heterocycles. The highest BCUT2D eigenvalue weighted by Gasteiger charge is 2.26. The Hall–Kier alpha value is -1.07. The molecule has 1 aliphatic carbocycles. The number of aliphatic hydroxyl groups excluding tert-OH is 1. The monoisotopic (exact) mass is 242 g/mol. The second kappa shape index (κ2) is 4.84. The van der Waals surface area contributed by atoms with Crippen LogP contribution in [0.3, 0.4) is 0 Å². The van der Waals surface area contributed by atoms with Crippen LogP contribution in [0.5, 0.6) is 0 Å². The van der Waals surface area contributed by atoms with Crippen LogP contribution in [0.2, 0.25) is 5.15 Å². The fourth-order valence-electron chi connectivity index (χ4n) is 1.85. The van der Waals surface area contributed by atoms with Crippen molar-refractivity contribution in [2.45, 2.75) is 25.3 Å². The van der Waals surface area contributed by atoms with E-state index >= 15 is 0 Å². The quantitative estimate of drug-likeness (QED) is 0.693. The number of anilines is 2. The van der Waals surface area contributed by atoms with E-state index in [1.54, 1.807) is 6.07 Å². The summed E-state index contributed by atoms with van der Waals surface area (Å²) in [4.78, 5) is 7.80. The molecule has 0 bridgehead atoms. The van der Waals surface area contributed by atoms with Crippen LogP contribution in [-0.2, 0) is 0 Å². The molecule has 1 saturated carbocycles. The van der Waals surface area contributed by atoms with Gasteiger partial charge in [0.1, 0.15) is 11.0 Å². The van der Waals surface area contributed by atoms with E-state index < -0.39 is 0 Å².